The lowest BCUT2D eigenvalue weighted by Crippen LogP contribution is -2.16. The highest BCUT2D eigenvalue weighted by Gasteiger charge is 2.24. The molecule has 0 unspecified atom stereocenters. The van der Waals surface area contributed by atoms with Gasteiger partial charge in [0.25, 0.3) is 0 Å². The zero-order valence-corrected chi connectivity index (χ0v) is 19.0. The number of hydrogen-bond donors (Lipinski definition) is 0. The van der Waals surface area contributed by atoms with E-state index in [0.29, 0.717) is 23.0 Å². The molecule has 0 spiro atoms. The molecule has 3 heterocycles. The maximum absolute atomic E-state index is 10.4. The summed E-state index contributed by atoms with van der Waals surface area (Å²) >= 11 is 0. The molecule has 0 atom stereocenters. The monoisotopic (exact) mass is 455 g/mol. The van der Waals surface area contributed by atoms with Gasteiger partial charge in [-0.05, 0) is 48.0 Å². The number of methoxy groups -OCH3 is 1. The minimum Gasteiger partial charge on any atom is -0.497 e. The molecular weight excluding hydrogens is 434 g/mol. The Hall–Kier alpha value is -5.02. The Labute approximate surface area is 203 Å². The molecule has 0 saturated heterocycles. The standard InChI is InChI=1S/C29H21N5O/c1-35-23-15-13-21(14-16-23)24-19-26(22-9-3-2-4-10-22)33-29(25(24)20-30)34(27-11-5-7-17-31-27)28-12-6-8-18-32-28/h2-19H,1H3. The third-order valence-electron chi connectivity index (χ3n) is 5.55. The quantitative estimate of drug-likeness (QED) is 0.289. The summed E-state index contributed by atoms with van der Waals surface area (Å²) in [6.45, 7) is 0. The van der Waals surface area contributed by atoms with Gasteiger partial charge in [-0.25, -0.2) is 15.0 Å². The van der Waals surface area contributed by atoms with E-state index in [9.17, 15) is 5.26 Å². The van der Waals surface area contributed by atoms with Gasteiger partial charge in [-0.1, -0.05) is 54.6 Å². The van der Waals surface area contributed by atoms with E-state index in [2.05, 4.69) is 16.0 Å². The molecule has 0 radical (unpaired) electrons. The maximum Gasteiger partial charge on any atom is 0.159 e. The summed E-state index contributed by atoms with van der Waals surface area (Å²) in [6.07, 6.45) is 3.42. The predicted octanol–water partition coefficient (Wildman–Crippen LogP) is 6.56. The molecule has 0 saturated carbocycles. The van der Waals surface area contributed by atoms with Crippen molar-refractivity contribution in [2.45, 2.75) is 0 Å². The maximum atomic E-state index is 10.4. The van der Waals surface area contributed by atoms with Gasteiger partial charge in [-0.15, -0.1) is 0 Å². The van der Waals surface area contributed by atoms with Gasteiger partial charge < -0.3 is 4.74 Å². The lowest BCUT2D eigenvalue weighted by molar-refractivity contribution is 0.415. The number of rotatable bonds is 6. The molecule has 6 nitrogen and oxygen atoms in total. The molecule has 35 heavy (non-hydrogen) atoms. The van der Waals surface area contributed by atoms with Crippen molar-refractivity contribution in [1.82, 2.24) is 15.0 Å². The van der Waals surface area contributed by atoms with Crippen LogP contribution < -0.4 is 9.64 Å². The first-order valence-corrected chi connectivity index (χ1v) is 11.1. The summed E-state index contributed by atoms with van der Waals surface area (Å²) < 4.78 is 5.33. The van der Waals surface area contributed by atoms with Gasteiger partial charge in [0, 0.05) is 23.5 Å². The molecule has 0 N–H and O–H groups in total. The fraction of sp³-hybridized carbons (Fsp3) is 0.0345. The summed E-state index contributed by atoms with van der Waals surface area (Å²) in [5.41, 5.74) is 3.74. The second-order valence-corrected chi connectivity index (χ2v) is 7.67. The highest BCUT2D eigenvalue weighted by Crippen LogP contribution is 2.39. The third kappa shape index (κ3) is 4.43. The first-order chi connectivity index (χ1) is 17.3. The Morgan fingerprint density at radius 1 is 0.743 bits per heavy atom. The fourth-order valence-electron chi connectivity index (χ4n) is 3.87. The van der Waals surface area contributed by atoms with Gasteiger partial charge in [-0.2, -0.15) is 5.26 Å². The summed E-state index contributed by atoms with van der Waals surface area (Å²) in [6, 6.07) is 33.2. The molecule has 0 aliphatic rings. The van der Waals surface area contributed by atoms with E-state index >= 15 is 0 Å². The summed E-state index contributed by atoms with van der Waals surface area (Å²) in [4.78, 5) is 15.9. The molecule has 0 fully saturated rings. The van der Waals surface area contributed by atoms with E-state index in [-0.39, 0.29) is 0 Å². The van der Waals surface area contributed by atoms with Crippen molar-refractivity contribution >= 4 is 17.5 Å². The van der Waals surface area contributed by atoms with Crippen LogP contribution >= 0.6 is 0 Å². The van der Waals surface area contributed by atoms with Gasteiger partial charge in [-0.3, -0.25) is 4.90 Å². The van der Waals surface area contributed by atoms with Crippen LogP contribution in [-0.2, 0) is 0 Å². The molecule has 5 rings (SSSR count). The van der Waals surface area contributed by atoms with Crippen LogP contribution in [0.1, 0.15) is 5.56 Å². The molecule has 3 aromatic heterocycles. The Bertz CT molecular complexity index is 1430. The van der Waals surface area contributed by atoms with Gasteiger partial charge in [0.05, 0.1) is 12.8 Å². The lowest BCUT2D eigenvalue weighted by Gasteiger charge is -2.24. The van der Waals surface area contributed by atoms with Crippen LogP contribution in [0.5, 0.6) is 5.75 Å². The molecule has 6 heteroatoms. The largest absolute Gasteiger partial charge is 0.497 e. The molecule has 0 aliphatic carbocycles. The van der Waals surface area contributed by atoms with E-state index in [4.69, 9.17) is 9.72 Å². The van der Waals surface area contributed by atoms with Gasteiger partial charge in [0.2, 0.25) is 0 Å². The Kier molecular flexibility index (Phi) is 6.14. The van der Waals surface area contributed by atoms with Crippen LogP contribution in [-0.4, -0.2) is 22.1 Å². The second kappa shape index (κ2) is 9.86. The molecular formula is C29H21N5O. The first kappa shape index (κ1) is 21.8. The average molecular weight is 456 g/mol. The molecule has 168 valence electrons. The zero-order valence-electron chi connectivity index (χ0n) is 19.0. The average Bonchev–Trinajstić information content (AvgIpc) is 2.94. The van der Waals surface area contributed by atoms with E-state index < -0.39 is 0 Å². The summed E-state index contributed by atoms with van der Waals surface area (Å²) in [5.74, 6) is 2.42. The van der Waals surface area contributed by atoms with E-state index in [1.165, 1.54) is 0 Å². The smallest absolute Gasteiger partial charge is 0.159 e. The third-order valence-corrected chi connectivity index (χ3v) is 5.55. The number of aromatic nitrogens is 3. The Balaban J connectivity index is 1.82. The topological polar surface area (TPSA) is 74.9 Å². The van der Waals surface area contributed by atoms with E-state index in [1.54, 1.807) is 19.5 Å². The van der Waals surface area contributed by atoms with Crippen LogP contribution in [0.4, 0.5) is 17.5 Å². The van der Waals surface area contributed by atoms with E-state index in [1.807, 2.05) is 102 Å². The number of nitriles is 1. The van der Waals surface area contributed by atoms with Crippen molar-refractivity contribution in [2.75, 3.05) is 12.0 Å². The van der Waals surface area contributed by atoms with Crippen molar-refractivity contribution in [3.8, 4) is 34.2 Å². The normalized spacial score (nSPS) is 10.4. The van der Waals surface area contributed by atoms with Gasteiger partial charge in [0.15, 0.2) is 5.82 Å². The number of pyridine rings is 3. The number of hydrogen-bond acceptors (Lipinski definition) is 6. The van der Waals surface area contributed by atoms with Crippen LogP contribution in [0.15, 0.2) is 109 Å². The highest BCUT2D eigenvalue weighted by atomic mass is 16.5. The van der Waals surface area contributed by atoms with Crippen molar-refractivity contribution in [1.29, 1.82) is 5.26 Å². The zero-order chi connectivity index (χ0) is 24.0. The van der Waals surface area contributed by atoms with Crippen molar-refractivity contribution in [2.24, 2.45) is 0 Å². The van der Waals surface area contributed by atoms with Crippen LogP contribution in [0.2, 0.25) is 0 Å². The first-order valence-electron chi connectivity index (χ1n) is 11.1. The fourth-order valence-corrected chi connectivity index (χ4v) is 3.87. The van der Waals surface area contributed by atoms with Crippen LogP contribution in [0, 0.1) is 11.3 Å². The van der Waals surface area contributed by atoms with Crippen molar-refractivity contribution in [3.05, 3.63) is 115 Å². The van der Waals surface area contributed by atoms with E-state index in [0.717, 1.165) is 28.1 Å². The van der Waals surface area contributed by atoms with Crippen molar-refractivity contribution in [3.63, 3.8) is 0 Å². The second-order valence-electron chi connectivity index (χ2n) is 7.67. The minimum atomic E-state index is 0.422. The summed E-state index contributed by atoms with van der Waals surface area (Å²) in [5, 5.41) is 10.4. The van der Waals surface area contributed by atoms with Gasteiger partial charge in [0.1, 0.15) is 29.0 Å². The molecule has 0 bridgehead atoms. The molecule has 0 amide bonds. The van der Waals surface area contributed by atoms with Crippen molar-refractivity contribution < 1.29 is 4.74 Å². The predicted molar refractivity (Wildman–Crippen MR) is 137 cm³/mol. The molecule has 2 aromatic carbocycles. The minimum absolute atomic E-state index is 0.422. The number of ether oxygens (including phenoxy) is 1. The number of nitrogens with zero attached hydrogens (tertiary/aromatic N) is 5. The Morgan fingerprint density at radius 2 is 1.37 bits per heavy atom. The summed E-state index contributed by atoms with van der Waals surface area (Å²) in [7, 11) is 1.63. The number of benzene rings is 2. The lowest BCUT2D eigenvalue weighted by atomic mass is 9.98. The van der Waals surface area contributed by atoms with Gasteiger partial charge >= 0.3 is 0 Å². The molecule has 5 aromatic rings. The SMILES string of the molecule is COc1ccc(-c2cc(-c3ccccc3)nc(N(c3ccccn3)c3ccccn3)c2C#N)cc1. The number of anilines is 3. The van der Waals surface area contributed by atoms with Crippen LogP contribution in [0.3, 0.4) is 0 Å². The molecule has 0 aliphatic heterocycles. The highest BCUT2D eigenvalue weighted by molar-refractivity contribution is 5.85. The Morgan fingerprint density at radius 3 is 1.91 bits per heavy atom. The van der Waals surface area contributed by atoms with Crippen LogP contribution in [0.25, 0.3) is 22.4 Å².